The van der Waals surface area contributed by atoms with Crippen LogP contribution in [0.2, 0.25) is 0 Å². The van der Waals surface area contributed by atoms with Crippen molar-refractivity contribution < 1.29 is 14.3 Å². The molecule has 1 aliphatic rings. The number of benzene rings is 1. The Morgan fingerprint density at radius 1 is 1.38 bits per heavy atom. The Morgan fingerprint density at radius 3 is 3.12 bits per heavy atom. The van der Waals surface area contributed by atoms with E-state index in [0.29, 0.717) is 17.4 Å². The molecule has 3 heterocycles. The molecule has 1 fully saturated rings. The first-order valence-corrected chi connectivity index (χ1v) is 9.98. The average Bonchev–Trinajstić information content (AvgIpc) is 3.38. The van der Waals surface area contributed by atoms with Gasteiger partial charge in [0.05, 0.1) is 23.4 Å². The number of amides is 1. The maximum Gasteiger partial charge on any atom is 0.276 e. The second-order valence-corrected chi connectivity index (χ2v) is 7.75. The number of ether oxygens (including phenoxy) is 2. The summed E-state index contributed by atoms with van der Waals surface area (Å²) in [5.74, 6) is 0.498. The van der Waals surface area contributed by atoms with Gasteiger partial charge >= 0.3 is 0 Å². The van der Waals surface area contributed by atoms with Crippen LogP contribution < -0.4 is 15.4 Å². The predicted octanol–water partition coefficient (Wildman–Crippen LogP) is 3.60. The zero-order chi connectivity index (χ0) is 17.9. The summed E-state index contributed by atoms with van der Waals surface area (Å²) in [6, 6.07) is 5.62. The summed E-state index contributed by atoms with van der Waals surface area (Å²) in [6.45, 7) is 1.54. The van der Waals surface area contributed by atoms with Gasteiger partial charge in [-0.05, 0) is 31.0 Å². The molecule has 9 heteroatoms. The number of hydrogen-bond donors (Lipinski definition) is 2. The molecule has 3 aromatic rings. The first-order valence-electron chi connectivity index (χ1n) is 8.28. The van der Waals surface area contributed by atoms with Crippen molar-refractivity contribution in [1.29, 1.82) is 0 Å². The van der Waals surface area contributed by atoms with Gasteiger partial charge in [0.15, 0.2) is 10.3 Å². The molecule has 0 bridgehead atoms. The Kier molecular flexibility index (Phi) is 5.00. The molecule has 1 atom stereocenters. The van der Waals surface area contributed by atoms with Crippen LogP contribution in [-0.4, -0.2) is 42.2 Å². The van der Waals surface area contributed by atoms with Gasteiger partial charge in [-0.15, -0.1) is 11.3 Å². The van der Waals surface area contributed by atoms with Crippen LogP contribution in [0.3, 0.4) is 0 Å². The van der Waals surface area contributed by atoms with Gasteiger partial charge in [-0.1, -0.05) is 11.3 Å². The fourth-order valence-corrected chi connectivity index (χ4v) is 4.30. The van der Waals surface area contributed by atoms with Crippen molar-refractivity contribution in [3.05, 3.63) is 29.3 Å². The third-order valence-electron chi connectivity index (χ3n) is 4.06. The van der Waals surface area contributed by atoms with Crippen LogP contribution in [0.15, 0.2) is 23.6 Å². The molecule has 0 saturated carbocycles. The minimum Gasteiger partial charge on any atom is -0.497 e. The van der Waals surface area contributed by atoms with Crippen molar-refractivity contribution in [3.8, 4) is 5.75 Å². The van der Waals surface area contributed by atoms with Crippen LogP contribution in [0.1, 0.15) is 23.3 Å². The third kappa shape index (κ3) is 3.79. The molecule has 4 rings (SSSR count). The molecule has 2 N–H and O–H groups in total. The summed E-state index contributed by atoms with van der Waals surface area (Å²) in [5, 5.41) is 9.05. The largest absolute Gasteiger partial charge is 0.497 e. The standard InChI is InChI=1S/C17H18N4O3S2/c1-23-10-4-5-12-14(7-10)26-17(19-12)21-15(22)13-9-25-16(20-13)18-8-11-3-2-6-24-11/h4-5,7,9,11H,2-3,6,8H2,1H3,(H,18,20)(H,19,21,22). The molecule has 2 aromatic heterocycles. The van der Waals surface area contributed by atoms with Crippen molar-refractivity contribution in [2.24, 2.45) is 0 Å². The van der Waals surface area contributed by atoms with E-state index in [-0.39, 0.29) is 12.0 Å². The maximum absolute atomic E-state index is 12.4. The Hall–Kier alpha value is -2.23. The molecule has 1 aromatic carbocycles. The number of aromatic nitrogens is 2. The van der Waals surface area contributed by atoms with Gasteiger partial charge in [-0.3, -0.25) is 10.1 Å². The molecule has 0 radical (unpaired) electrons. The predicted molar refractivity (Wildman–Crippen MR) is 104 cm³/mol. The smallest absolute Gasteiger partial charge is 0.276 e. The van der Waals surface area contributed by atoms with E-state index in [1.165, 1.54) is 22.7 Å². The van der Waals surface area contributed by atoms with Gasteiger partial charge in [-0.2, -0.15) is 0 Å². The molecular weight excluding hydrogens is 372 g/mol. The van der Waals surface area contributed by atoms with Crippen LogP contribution in [0.25, 0.3) is 10.2 Å². The second kappa shape index (κ2) is 7.56. The Balaban J connectivity index is 1.39. The van der Waals surface area contributed by atoms with Gasteiger partial charge in [0.1, 0.15) is 11.4 Å². The molecular formula is C17H18N4O3S2. The van der Waals surface area contributed by atoms with Crippen LogP contribution in [0.5, 0.6) is 5.75 Å². The molecule has 1 aliphatic heterocycles. The van der Waals surface area contributed by atoms with E-state index >= 15 is 0 Å². The topological polar surface area (TPSA) is 85.4 Å². The Labute approximate surface area is 158 Å². The summed E-state index contributed by atoms with van der Waals surface area (Å²) < 4.78 is 11.7. The zero-order valence-corrected chi connectivity index (χ0v) is 15.8. The second-order valence-electron chi connectivity index (χ2n) is 5.86. The average molecular weight is 390 g/mol. The maximum atomic E-state index is 12.4. The summed E-state index contributed by atoms with van der Waals surface area (Å²) in [7, 11) is 1.62. The third-order valence-corrected chi connectivity index (χ3v) is 5.79. The number of anilines is 2. The van der Waals surface area contributed by atoms with Crippen LogP contribution in [-0.2, 0) is 4.74 Å². The number of rotatable bonds is 6. The summed E-state index contributed by atoms with van der Waals surface area (Å²) in [6.07, 6.45) is 2.40. The van der Waals surface area contributed by atoms with Crippen LogP contribution >= 0.6 is 22.7 Å². The van der Waals surface area contributed by atoms with Crippen molar-refractivity contribution >= 4 is 49.1 Å². The van der Waals surface area contributed by atoms with Gasteiger partial charge in [-0.25, -0.2) is 9.97 Å². The van der Waals surface area contributed by atoms with Crippen LogP contribution in [0, 0.1) is 0 Å². The minimum absolute atomic E-state index is 0.232. The SMILES string of the molecule is COc1ccc2nc(NC(=O)c3csc(NCC4CCCO4)n3)sc2c1. The molecule has 7 nitrogen and oxygen atoms in total. The highest BCUT2D eigenvalue weighted by Gasteiger charge is 2.17. The fraction of sp³-hybridized carbons (Fsp3) is 0.353. The highest BCUT2D eigenvalue weighted by molar-refractivity contribution is 7.22. The molecule has 136 valence electrons. The van der Waals surface area contributed by atoms with Crippen LogP contribution in [0.4, 0.5) is 10.3 Å². The summed E-state index contributed by atoms with van der Waals surface area (Å²) in [4.78, 5) is 21.2. The highest BCUT2D eigenvalue weighted by atomic mass is 32.1. The number of hydrogen-bond acceptors (Lipinski definition) is 8. The van der Waals surface area contributed by atoms with E-state index in [9.17, 15) is 4.79 Å². The normalized spacial score (nSPS) is 16.7. The first kappa shape index (κ1) is 17.2. The number of nitrogens with one attached hydrogen (secondary N) is 2. The summed E-state index contributed by atoms with van der Waals surface area (Å²) in [5.41, 5.74) is 1.20. The monoisotopic (exact) mass is 390 g/mol. The van der Waals surface area contributed by atoms with E-state index in [1.54, 1.807) is 12.5 Å². The number of nitrogens with zero attached hydrogens (tertiary/aromatic N) is 2. The highest BCUT2D eigenvalue weighted by Crippen LogP contribution is 2.29. The molecule has 0 spiro atoms. The van der Waals surface area contributed by atoms with E-state index in [1.807, 2.05) is 18.2 Å². The number of fused-ring (bicyclic) bond motifs is 1. The van der Waals surface area contributed by atoms with Gasteiger partial charge in [0, 0.05) is 18.5 Å². The minimum atomic E-state index is -0.266. The molecule has 1 unspecified atom stereocenters. The lowest BCUT2D eigenvalue weighted by molar-refractivity contribution is 0.102. The molecule has 1 saturated heterocycles. The van der Waals surface area contributed by atoms with Gasteiger partial charge in [0.25, 0.3) is 5.91 Å². The number of methoxy groups -OCH3 is 1. The van der Waals surface area contributed by atoms with Crippen molar-refractivity contribution in [1.82, 2.24) is 9.97 Å². The zero-order valence-electron chi connectivity index (χ0n) is 14.2. The number of thiazole rings is 2. The molecule has 26 heavy (non-hydrogen) atoms. The van der Waals surface area contributed by atoms with E-state index in [4.69, 9.17) is 9.47 Å². The Bertz CT molecular complexity index is 918. The van der Waals surface area contributed by atoms with Crippen molar-refractivity contribution in [2.45, 2.75) is 18.9 Å². The number of carbonyl (C=O) groups is 1. The van der Waals surface area contributed by atoms with E-state index in [0.717, 1.165) is 40.5 Å². The first-order chi connectivity index (χ1) is 12.7. The summed E-state index contributed by atoms with van der Waals surface area (Å²) >= 11 is 2.81. The fourth-order valence-electron chi connectivity index (χ4n) is 2.71. The van der Waals surface area contributed by atoms with Gasteiger partial charge in [0.2, 0.25) is 0 Å². The van der Waals surface area contributed by atoms with E-state index < -0.39 is 0 Å². The molecule has 0 aliphatic carbocycles. The van der Waals surface area contributed by atoms with Crippen molar-refractivity contribution in [3.63, 3.8) is 0 Å². The quantitative estimate of drug-likeness (QED) is 0.669. The lowest BCUT2D eigenvalue weighted by Gasteiger charge is -2.08. The Morgan fingerprint density at radius 2 is 2.31 bits per heavy atom. The molecule has 1 amide bonds. The lowest BCUT2D eigenvalue weighted by atomic mass is 10.2. The van der Waals surface area contributed by atoms with Gasteiger partial charge < -0.3 is 14.8 Å². The number of carbonyl (C=O) groups excluding carboxylic acids is 1. The lowest BCUT2D eigenvalue weighted by Crippen LogP contribution is -2.18. The van der Waals surface area contributed by atoms with Crippen molar-refractivity contribution in [2.75, 3.05) is 30.9 Å². The van der Waals surface area contributed by atoms with E-state index in [2.05, 4.69) is 20.6 Å².